The number of aromatic carboxylic acids is 1. The zero-order valence-corrected chi connectivity index (χ0v) is 10.2. The van der Waals surface area contributed by atoms with Crippen molar-refractivity contribution in [2.45, 2.75) is 6.61 Å². The van der Waals surface area contributed by atoms with Crippen molar-refractivity contribution in [1.29, 1.82) is 0 Å². The van der Waals surface area contributed by atoms with Gasteiger partial charge in [0.25, 0.3) is 0 Å². The summed E-state index contributed by atoms with van der Waals surface area (Å²) in [5, 5.41) is 12.5. The molecule has 1 heterocycles. The van der Waals surface area contributed by atoms with E-state index in [4.69, 9.17) is 14.4 Å². The Morgan fingerprint density at radius 1 is 1.47 bits per heavy atom. The van der Waals surface area contributed by atoms with Gasteiger partial charge in [-0.05, 0) is 18.2 Å². The van der Waals surface area contributed by atoms with E-state index in [1.807, 2.05) is 0 Å². The summed E-state index contributed by atoms with van der Waals surface area (Å²) >= 11 is 3.26. The number of carbonyl (C=O) groups is 1. The van der Waals surface area contributed by atoms with Gasteiger partial charge < -0.3 is 14.4 Å². The highest BCUT2D eigenvalue weighted by atomic mass is 79.9. The van der Waals surface area contributed by atoms with E-state index in [-0.39, 0.29) is 17.9 Å². The molecule has 0 amide bonds. The van der Waals surface area contributed by atoms with Crippen molar-refractivity contribution < 1.29 is 19.2 Å². The number of carboxylic acid groups (broad SMARTS) is 1. The van der Waals surface area contributed by atoms with E-state index >= 15 is 0 Å². The van der Waals surface area contributed by atoms with Crippen LogP contribution < -0.4 is 4.74 Å². The van der Waals surface area contributed by atoms with E-state index in [9.17, 15) is 4.79 Å². The number of hydrogen-bond donors (Lipinski definition) is 1. The minimum absolute atomic E-state index is 0.104. The second kappa shape index (κ2) is 5.01. The third-order valence-corrected chi connectivity index (χ3v) is 2.53. The molecule has 0 aliphatic rings. The first-order chi connectivity index (χ1) is 8.16. The third kappa shape index (κ3) is 2.85. The number of ether oxygens (including phenoxy) is 1. The van der Waals surface area contributed by atoms with E-state index in [2.05, 4.69) is 21.1 Å². The highest BCUT2D eigenvalue weighted by Gasteiger charge is 2.12. The lowest BCUT2D eigenvalue weighted by atomic mass is 10.2. The Kier molecular flexibility index (Phi) is 3.43. The molecule has 0 spiro atoms. The van der Waals surface area contributed by atoms with Gasteiger partial charge in [0.15, 0.2) is 5.76 Å². The molecule has 0 unspecified atom stereocenters. The summed E-state index contributed by atoms with van der Waals surface area (Å²) in [6, 6.07) is 6.37. The van der Waals surface area contributed by atoms with E-state index in [0.29, 0.717) is 5.76 Å². The lowest BCUT2D eigenvalue weighted by Gasteiger charge is -2.07. The summed E-state index contributed by atoms with van der Waals surface area (Å²) in [5.41, 5.74) is 0.104. The van der Waals surface area contributed by atoms with Crippen LogP contribution >= 0.6 is 15.9 Å². The number of rotatable bonds is 4. The molecule has 17 heavy (non-hydrogen) atoms. The molecule has 2 aromatic rings. The monoisotopic (exact) mass is 297 g/mol. The molecular formula is C11H8BrNO4. The van der Waals surface area contributed by atoms with Crippen molar-refractivity contribution in [3.05, 3.63) is 46.3 Å². The van der Waals surface area contributed by atoms with Crippen LogP contribution in [0.15, 0.2) is 39.5 Å². The molecule has 5 nitrogen and oxygen atoms in total. The lowest BCUT2D eigenvalue weighted by molar-refractivity contribution is 0.0691. The third-order valence-electron chi connectivity index (χ3n) is 2.04. The highest BCUT2D eigenvalue weighted by molar-refractivity contribution is 9.10. The number of nitrogens with zero attached hydrogens (tertiary/aromatic N) is 1. The largest absolute Gasteiger partial charge is 0.485 e. The van der Waals surface area contributed by atoms with Crippen molar-refractivity contribution in [2.24, 2.45) is 0 Å². The Morgan fingerprint density at radius 3 is 2.94 bits per heavy atom. The zero-order chi connectivity index (χ0) is 12.3. The van der Waals surface area contributed by atoms with Crippen molar-refractivity contribution in [3.8, 4) is 5.75 Å². The van der Waals surface area contributed by atoms with Gasteiger partial charge >= 0.3 is 5.97 Å². The van der Waals surface area contributed by atoms with Crippen LogP contribution in [-0.4, -0.2) is 16.2 Å². The Hall–Kier alpha value is -1.82. The maximum atomic E-state index is 11.0. The second-order valence-corrected chi connectivity index (χ2v) is 4.13. The number of benzene rings is 1. The quantitative estimate of drug-likeness (QED) is 0.939. The number of hydrogen-bond acceptors (Lipinski definition) is 4. The number of halogens is 1. The fourth-order valence-corrected chi connectivity index (χ4v) is 1.60. The molecule has 0 bridgehead atoms. The average Bonchev–Trinajstić information content (AvgIpc) is 2.78. The van der Waals surface area contributed by atoms with Gasteiger partial charge in [0.05, 0.1) is 6.20 Å². The molecule has 0 aliphatic carbocycles. The minimum atomic E-state index is -1.04. The molecule has 0 fully saturated rings. The minimum Gasteiger partial charge on any atom is -0.485 e. The van der Waals surface area contributed by atoms with Crippen LogP contribution in [0.1, 0.15) is 16.1 Å². The van der Waals surface area contributed by atoms with E-state index in [1.165, 1.54) is 12.3 Å². The predicted octanol–water partition coefficient (Wildman–Crippen LogP) is 2.71. The van der Waals surface area contributed by atoms with Crippen LogP contribution in [0.5, 0.6) is 5.75 Å². The summed E-state index contributed by atoms with van der Waals surface area (Å²) in [5.74, 6) is -0.227. The molecule has 0 saturated heterocycles. The van der Waals surface area contributed by atoms with Gasteiger partial charge in [0.2, 0.25) is 0 Å². The normalized spacial score (nSPS) is 10.2. The number of aromatic nitrogens is 1. The summed E-state index contributed by atoms with van der Waals surface area (Å²) in [4.78, 5) is 11.0. The maximum Gasteiger partial charge on any atom is 0.339 e. The Morgan fingerprint density at radius 2 is 2.29 bits per heavy atom. The van der Waals surface area contributed by atoms with Gasteiger partial charge in [0, 0.05) is 10.5 Å². The molecular weight excluding hydrogens is 290 g/mol. The Labute approximate surface area is 105 Å². The summed E-state index contributed by atoms with van der Waals surface area (Å²) < 4.78 is 11.0. The van der Waals surface area contributed by atoms with E-state index < -0.39 is 5.97 Å². The van der Waals surface area contributed by atoms with Crippen LogP contribution in [0.4, 0.5) is 0 Å². The summed E-state index contributed by atoms with van der Waals surface area (Å²) in [6.07, 6.45) is 1.50. The van der Waals surface area contributed by atoms with Crippen molar-refractivity contribution in [3.63, 3.8) is 0 Å². The van der Waals surface area contributed by atoms with Crippen LogP contribution in [0.3, 0.4) is 0 Å². The van der Waals surface area contributed by atoms with Crippen LogP contribution in [0.2, 0.25) is 0 Å². The van der Waals surface area contributed by atoms with Gasteiger partial charge in [-0.2, -0.15) is 0 Å². The topological polar surface area (TPSA) is 72.6 Å². The molecule has 2 rings (SSSR count). The second-order valence-electron chi connectivity index (χ2n) is 3.21. The molecule has 1 N–H and O–H groups in total. The zero-order valence-electron chi connectivity index (χ0n) is 8.59. The van der Waals surface area contributed by atoms with Gasteiger partial charge in [-0.15, -0.1) is 0 Å². The molecule has 0 radical (unpaired) electrons. The standard InChI is InChI=1S/C11H8BrNO4/c12-7-1-2-9(11(14)15)10(5-7)16-6-8-3-4-13-17-8/h1-5H,6H2,(H,14,15). The van der Waals surface area contributed by atoms with Crippen molar-refractivity contribution >= 4 is 21.9 Å². The van der Waals surface area contributed by atoms with Gasteiger partial charge in [-0.3, -0.25) is 0 Å². The lowest BCUT2D eigenvalue weighted by Crippen LogP contribution is -2.03. The van der Waals surface area contributed by atoms with Gasteiger partial charge in [-0.25, -0.2) is 4.79 Å². The fraction of sp³-hybridized carbons (Fsp3) is 0.0909. The SMILES string of the molecule is O=C(O)c1ccc(Br)cc1OCc1ccno1. The Balaban J connectivity index is 2.19. The van der Waals surface area contributed by atoms with E-state index in [0.717, 1.165) is 4.47 Å². The maximum absolute atomic E-state index is 11.0. The van der Waals surface area contributed by atoms with E-state index in [1.54, 1.807) is 18.2 Å². The molecule has 0 saturated carbocycles. The average molecular weight is 298 g/mol. The molecule has 1 aromatic carbocycles. The molecule has 1 aromatic heterocycles. The summed E-state index contributed by atoms with van der Waals surface area (Å²) in [6.45, 7) is 0.136. The van der Waals surface area contributed by atoms with Crippen LogP contribution in [0.25, 0.3) is 0 Å². The molecule has 0 aliphatic heterocycles. The van der Waals surface area contributed by atoms with Crippen molar-refractivity contribution in [1.82, 2.24) is 5.16 Å². The fourth-order valence-electron chi connectivity index (χ4n) is 1.26. The number of carboxylic acids is 1. The first-order valence-corrected chi connectivity index (χ1v) is 5.51. The Bertz CT molecular complexity index is 524. The van der Waals surface area contributed by atoms with Gasteiger partial charge in [-0.1, -0.05) is 21.1 Å². The van der Waals surface area contributed by atoms with Crippen molar-refractivity contribution in [2.75, 3.05) is 0 Å². The molecule has 6 heteroatoms. The van der Waals surface area contributed by atoms with Gasteiger partial charge in [0.1, 0.15) is 17.9 Å². The smallest absolute Gasteiger partial charge is 0.339 e. The molecule has 0 atom stereocenters. The molecule has 88 valence electrons. The van der Waals surface area contributed by atoms with Crippen LogP contribution in [0, 0.1) is 0 Å². The first kappa shape index (κ1) is 11.7. The van der Waals surface area contributed by atoms with Crippen LogP contribution in [-0.2, 0) is 6.61 Å². The highest BCUT2D eigenvalue weighted by Crippen LogP contribution is 2.24. The first-order valence-electron chi connectivity index (χ1n) is 4.72. The predicted molar refractivity (Wildman–Crippen MR) is 61.9 cm³/mol. The summed E-state index contributed by atoms with van der Waals surface area (Å²) in [7, 11) is 0.